The van der Waals surface area contributed by atoms with E-state index < -0.39 is 16.0 Å². The van der Waals surface area contributed by atoms with E-state index in [0.29, 0.717) is 42.2 Å². The third kappa shape index (κ3) is 5.36. The second-order valence-electron chi connectivity index (χ2n) is 9.21. The molecule has 0 bridgehead atoms. The molecule has 1 atom stereocenters. The summed E-state index contributed by atoms with van der Waals surface area (Å²) in [7, 11) is -0.620. The minimum Gasteiger partial charge on any atom is -0.496 e. The molecule has 0 spiro atoms. The molecule has 1 aromatic heterocycles. The number of thioether (sulfide) groups is 1. The summed E-state index contributed by atoms with van der Waals surface area (Å²) in [6.07, 6.45) is 3.89. The summed E-state index contributed by atoms with van der Waals surface area (Å²) in [5, 5.41) is 0.778. The summed E-state index contributed by atoms with van der Waals surface area (Å²) < 4.78 is 46.2. The van der Waals surface area contributed by atoms with Gasteiger partial charge in [0.05, 0.1) is 48.4 Å². The molecule has 0 N–H and O–H groups in total. The number of fused-ring (bicyclic) bond motifs is 1. The van der Waals surface area contributed by atoms with E-state index in [1.165, 1.54) is 18.9 Å². The molecule has 2 aliphatic rings. The Labute approximate surface area is 221 Å². The minimum atomic E-state index is -3.54. The molecule has 37 heavy (non-hydrogen) atoms. The third-order valence-electron chi connectivity index (χ3n) is 6.86. The molecule has 11 heteroatoms. The molecule has 2 aliphatic heterocycles. The quantitative estimate of drug-likeness (QED) is 0.293. The van der Waals surface area contributed by atoms with Crippen LogP contribution >= 0.6 is 11.8 Å². The monoisotopic (exact) mass is 545 g/mol. The maximum Gasteiger partial charge on any atom is 0.337 e. The fraction of sp³-hybridized carbons (Fsp3) is 0.462. The van der Waals surface area contributed by atoms with Gasteiger partial charge in [-0.15, -0.1) is 0 Å². The van der Waals surface area contributed by atoms with E-state index in [9.17, 15) is 13.2 Å². The average Bonchev–Trinajstić information content (AvgIpc) is 3.69. The Morgan fingerprint density at radius 1 is 1.14 bits per heavy atom. The van der Waals surface area contributed by atoms with E-state index in [2.05, 4.69) is 4.57 Å². The Hall–Kier alpha value is -2.60. The van der Waals surface area contributed by atoms with Crippen molar-refractivity contribution < 1.29 is 27.4 Å². The molecule has 0 aliphatic carbocycles. The lowest BCUT2D eigenvalue weighted by molar-refractivity contribution is 0.0600. The number of aromatic nitrogens is 2. The predicted molar refractivity (Wildman–Crippen MR) is 141 cm³/mol. The molecule has 3 aromatic rings. The van der Waals surface area contributed by atoms with Gasteiger partial charge < -0.3 is 18.8 Å². The van der Waals surface area contributed by atoms with Gasteiger partial charge in [0.2, 0.25) is 10.0 Å². The molecule has 3 heterocycles. The molecule has 9 nitrogen and oxygen atoms in total. The van der Waals surface area contributed by atoms with Crippen LogP contribution in [-0.4, -0.2) is 68.3 Å². The number of hydrogen-bond acceptors (Lipinski definition) is 8. The fourth-order valence-corrected chi connectivity index (χ4v) is 7.41. The van der Waals surface area contributed by atoms with Crippen LogP contribution in [-0.2, 0) is 31.8 Å². The Bertz CT molecular complexity index is 1390. The lowest BCUT2D eigenvalue weighted by atomic mass is 10.1. The highest BCUT2D eigenvalue weighted by atomic mass is 32.2. The van der Waals surface area contributed by atoms with Crippen LogP contribution < -0.4 is 4.74 Å². The highest BCUT2D eigenvalue weighted by Crippen LogP contribution is 2.33. The van der Waals surface area contributed by atoms with Gasteiger partial charge in [-0.2, -0.15) is 4.31 Å². The van der Waals surface area contributed by atoms with Crippen molar-refractivity contribution in [1.82, 2.24) is 13.9 Å². The zero-order chi connectivity index (χ0) is 26.0. The van der Waals surface area contributed by atoms with E-state index in [1.54, 1.807) is 35.7 Å². The number of benzene rings is 2. The molecule has 2 fully saturated rings. The smallest absolute Gasteiger partial charge is 0.337 e. The average molecular weight is 546 g/mol. The maximum atomic E-state index is 13.1. The van der Waals surface area contributed by atoms with Crippen LogP contribution in [0.15, 0.2) is 46.5 Å². The molecule has 0 unspecified atom stereocenters. The molecular weight excluding hydrogens is 514 g/mol. The van der Waals surface area contributed by atoms with Crippen molar-refractivity contribution in [2.24, 2.45) is 0 Å². The van der Waals surface area contributed by atoms with Gasteiger partial charge in [-0.1, -0.05) is 17.8 Å². The molecule has 198 valence electrons. The van der Waals surface area contributed by atoms with Crippen molar-refractivity contribution in [3.63, 3.8) is 0 Å². The van der Waals surface area contributed by atoms with Crippen LogP contribution in [0.5, 0.6) is 5.75 Å². The molecule has 0 radical (unpaired) electrons. The number of rotatable bonds is 9. The Balaban J connectivity index is 1.46. The summed E-state index contributed by atoms with van der Waals surface area (Å²) in [6.45, 7) is 2.52. The van der Waals surface area contributed by atoms with Gasteiger partial charge in [0.1, 0.15) is 5.75 Å². The number of nitrogens with zero attached hydrogens (tertiary/aromatic N) is 3. The van der Waals surface area contributed by atoms with Gasteiger partial charge in [-0.25, -0.2) is 18.2 Å². The number of sulfonamides is 1. The highest BCUT2D eigenvalue weighted by Gasteiger charge is 2.28. The van der Waals surface area contributed by atoms with Gasteiger partial charge in [-0.3, -0.25) is 0 Å². The van der Waals surface area contributed by atoms with Crippen molar-refractivity contribution in [3.05, 3.63) is 47.5 Å². The molecule has 2 saturated heterocycles. The zero-order valence-corrected chi connectivity index (χ0v) is 22.6. The van der Waals surface area contributed by atoms with Crippen LogP contribution in [0.25, 0.3) is 11.0 Å². The first-order valence-corrected chi connectivity index (χ1v) is 14.8. The third-order valence-corrected chi connectivity index (χ3v) is 9.78. The number of esters is 1. The topological polar surface area (TPSA) is 100.0 Å². The largest absolute Gasteiger partial charge is 0.496 e. The van der Waals surface area contributed by atoms with E-state index in [4.69, 9.17) is 19.2 Å². The summed E-state index contributed by atoms with van der Waals surface area (Å²) in [5.41, 5.74) is 2.86. The van der Waals surface area contributed by atoms with E-state index in [0.717, 1.165) is 48.5 Å². The number of methoxy groups -OCH3 is 2. The standard InChI is InChI=1S/C26H31N3O6S2/c1-33-24-14-18(25(30)34-2)7-8-19(24)17-36-26-27-22-15-21(37(31,32)28-11-3-4-12-28)9-10-23(22)29(26)16-20-6-5-13-35-20/h7-10,14-15,20H,3-6,11-13,16-17H2,1-2H3/t20-/m1/s1. The molecule has 5 rings (SSSR count). The second kappa shape index (κ2) is 11.0. The number of carbonyl (C=O) groups excluding carboxylic acids is 1. The predicted octanol–water partition coefficient (Wildman–Crippen LogP) is 4.09. The first-order chi connectivity index (χ1) is 17.9. The van der Waals surface area contributed by atoms with Crippen LogP contribution in [0, 0.1) is 0 Å². The number of ether oxygens (including phenoxy) is 3. The van der Waals surface area contributed by atoms with Gasteiger partial charge in [0.15, 0.2) is 5.16 Å². The summed E-state index contributed by atoms with van der Waals surface area (Å²) in [6, 6.07) is 10.5. The first-order valence-electron chi connectivity index (χ1n) is 12.4. The first kappa shape index (κ1) is 26.0. The van der Waals surface area contributed by atoms with E-state index in [1.807, 2.05) is 12.1 Å². The van der Waals surface area contributed by atoms with Crippen molar-refractivity contribution in [2.45, 2.75) is 54.1 Å². The number of imidazole rings is 1. The Morgan fingerprint density at radius 3 is 2.65 bits per heavy atom. The Kier molecular flexibility index (Phi) is 7.75. The van der Waals surface area contributed by atoms with Crippen molar-refractivity contribution in [3.8, 4) is 5.75 Å². The normalized spacial score (nSPS) is 18.5. The van der Waals surface area contributed by atoms with E-state index >= 15 is 0 Å². The van der Waals surface area contributed by atoms with Crippen LogP contribution in [0.4, 0.5) is 0 Å². The van der Waals surface area contributed by atoms with Gasteiger partial charge >= 0.3 is 5.97 Å². The molecule has 2 aromatic carbocycles. The maximum absolute atomic E-state index is 13.1. The van der Waals surface area contributed by atoms with Crippen LogP contribution in [0.2, 0.25) is 0 Å². The Morgan fingerprint density at radius 2 is 1.95 bits per heavy atom. The lowest BCUT2D eigenvalue weighted by Crippen LogP contribution is -2.27. The van der Waals surface area contributed by atoms with Crippen molar-refractivity contribution >= 4 is 38.8 Å². The molecule has 0 amide bonds. The fourth-order valence-electron chi connectivity index (χ4n) is 4.86. The van der Waals surface area contributed by atoms with Crippen LogP contribution in [0.1, 0.15) is 41.6 Å². The summed E-state index contributed by atoms with van der Waals surface area (Å²) in [4.78, 5) is 17.0. The summed E-state index contributed by atoms with van der Waals surface area (Å²) in [5.74, 6) is 0.727. The SMILES string of the molecule is COC(=O)c1ccc(CSc2nc3cc(S(=O)(=O)N4CCCC4)ccc3n2C[C@H]2CCCO2)c(OC)c1. The molecular formula is C26H31N3O6S2. The van der Waals surface area contributed by atoms with Gasteiger partial charge in [0, 0.05) is 31.0 Å². The van der Waals surface area contributed by atoms with Gasteiger partial charge in [0.25, 0.3) is 0 Å². The zero-order valence-electron chi connectivity index (χ0n) is 21.0. The van der Waals surface area contributed by atoms with Crippen LogP contribution in [0.3, 0.4) is 0 Å². The highest BCUT2D eigenvalue weighted by molar-refractivity contribution is 7.98. The number of hydrogen-bond donors (Lipinski definition) is 0. The minimum absolute atomic E-state index is 0.0960. The van der Waals surface area contributed by atoms with E-state index in [-0.39, 0.29) is 11.0 Å². The number of carbonyl (C=O) groups is 1. The lowest BCUT2D eigenvalue weighted by Gasteiger charge is -2.16. The van der Waals surface area contributed by atoms with Gasteiger partial charge in [-0.05, 0) is 56.0 Å². The van der Waals surface area contributed by atoms with Crippen molar-refractivity contribution in [1.29, 1.82) is 0 Å². The van der Waals surface area contributed by atoms with Crippen molar-refractivity contribution in [2.75, 3.05) is 33.9 Å². The summed E-state index contributed by atoms with van der Waals surface area (Å²) >= 11 is 1.54. The second-order valence-corrected chi connectivity index (χ2v) is 12.1. The molecule has 0 saturated carbocycles.